The van der Waals surface area contributed by atoms with Crippen LogP contribution in [-0.4, -0.2) is 16.2 Å². The average Bonchev–Trinajstić information content (AvgIpc) is 2.36. The largest absolute Gasteiger partial charge is 0.465 e. The molecule has 0 bridgehead atoms. The fraction of sp³-hybridized carbons (Fsp3) is 0.231. The Labute approximate surface area is 113 Å². The highest BCUT2D eigenvalue weighted by Crippen LogP contribution is 2.26. The molecule has 0 aliphatic rings. The molecule has 1 aromatic heterocycles. The summed E-state index contributed by atoms with van der Waals surface area (Å²) in [4.78, 5) is 14.9. The molecule has 0 atom stereocenters. The van der Waals surface area contributed by atoms with Crippen molar-refractivity contribution in [3.63, 3.8) is 0 Å². The summed E-state index contributed by atoms with van der Waals surface area (Å²) in [5.41, 5.74) is 2.89. The van der Waals surface area contributed by atoms with Crippen LogP contribution < -0.4 is 5.32 Å². The number of hydrogen-bond acceptors (Lipinski definition) is 2. The maximum atomic E-state index is 10.6. The summed E-state index contributed by atoms with van der Waals surface area (Å²) < 4.78 is 0.972. The van der Waals surface area contributed by atoms with Crippen LogP contribution in [0, 0.1) is 0 Å². The maximum absolute atomic E-state index is 10.6. The number of fused-ring (bicyclic) bond motifs is 1. The first-order valence-corrected chi connectivity index (χ1v) is 6.44. The lowest BCUT2D eigenvalue weighted by atomic mass is 10.0. The molecule has 0 fully saturated rings. The van der Waals surface area contributed by atoms with Gasteiger partial charge in [0, 0.05) is 22.6 Å². The van der Waals surface area contributed by atoms with Gasteiger partial charge in [-0.15, -0.1) is 0 Å². The Balaban J connectivity index is 2.55. The lowest BCUT2D eigenvalue weighted by Crippen LogP contribution is -2.20. The predicted octanol–water partition coefficient (Wildman–Crippen LogP) is 3.33. The molecule has 1 heterocycles. The summed E-state index contributed by atoms with van der Waals surface area (Å²) in [5, 5.41) is 12.1. The Morgan fingerprint density at radius 3 is 2.94 bits per heavy atom. The van der Waals surface area contributed by atoms with Gasteiger partial charge in [0.25, 0.3) is 0 Å². The Kier molecular flexibility index (Phi) is 3.81. The van der Waals surface area contributed by atoms with Crippen molar-refractivity contribution in [2.45, 2.75) is 19.9 Å². The van der Waals surface area contributed by atoms with Crippen LogP contribution in [0.4, 0.5) is 4.79 Å². The van der Waals surface area contributed by atoms with Crippen molar-refractivity contribution in [2.75, 3.05) is 0 Å². The van der Waals surface area contributed by atoms with Crippen LogP contribution in [0.3, 0.4) is 0 Å². The van der Waals surface area contributed by atoms with Gasteiger partial charge < -0.3 is 10.4 Å². The minimum atomic E-state index is -1.03. The molecule has 2 rings (SSSR count). The highest BCUT2D eigenvalue weighted by Gasteiger charge is 2.08. The van der Waals surface area contributed by atoms with Gasteiger partial charge in [-0.25, -0.2) is 4.79 Å². The molecule has 0 aliphatic carbocycles. The molecular weight excluding hydrogens is 296 g/mol. The summed E-state index contributed by atoms with van der Waals surface area (Å²) in [6, 6.07) is 5.96. The van der Waals surface area contributed by atoms with Gasteiger partial charge in [-0.2, -0.15) is 0 Å². The van der Waals surface area contributed by atoms with Gasteiger partial charge in [-0.1, -0.05) is 28.9 Å². The summed E-state index contributed by atoms with van der Waals surface area (Å²) in [5.74, 6) is 0. The number of carboxylic acid groups (broad SMARTS) is 1. The van der Waals surface area contributed by atoms with Gasteiger partial charge >= 0.3 is 6.09 Å². The van der Waals surface area contributed by atoms with E-state index in [4.69, 9.17) is 5.11 Å². The Bertz CT molecular complexity index is 599. The summed E-state index contributed by atoms with van der Waals surface area (Å²) in [7, 11) is 0. The molecule has 0 unspecified atom stereocenters. The van der Waals surface area contributed by atoms with Crippen molar-refractivity contribution < 1.29 is 9.90 Å². The van der Waals surface area contributed by atoms with Crippen LogP contribution in [0.1, 0.15) is 18.1 Å². The van der Waals surface area contributed by atoms with Gasteiger partial charge in [-0.3, -0.25) is 4.98 Å². The topological polar surface area (TPSA) is 62.2 Å². The van der Waals surface area contributed by atoms with E-state index in [9.17, 15) is 4.79 Å². The second-order valence-corrected chi connectivity index (χ2v) is 4.81. The number of aryl methyl sites for hydroxylation is 1. The lowest BCUT2D eigenvalue weighted by Gasteiger charge is -2.09. The molecule has 0 saturated carbocycles. The first kappa shape index (κ1) is 12.8. The van der Waals surface area contributed by atoms with E-state index in [0.29, 0.717) is 0 Å². The Morgan fingerprint density at radius 1 is 1.50 bits per heavy atom. The number of amides is 1. The minimum absolute atomic E-state index is 0.267. The number of nitrogens with zero attached hydrogens (tertiary/aromatic N) is 1. The number of hydrogen-bond donors (Lipinski definition) is 2. The molecule has 0 spiro atoms. The van der Waals surface area contributed by atoms with E-state index in [2.05, 4.69) is 39.2 Å². The van der Waals surface area contributed by atoms with Crippen molar-refractivity contribution in [1.82, 2.24) is 10.3 Å². The smallest absolute Gasteiger partial charge is 0.404 e. The zero-order chi connectivity index (χ0) is 13.1. The second kappa shape index (κ2) is 5.35. The van der Waals surface area contributed by atoms with Crippen molar-refractivity contribution in [3.05, 3.63) is 40.0 Å². The van der Waals surface area contributed by atoms with Crippen molar-refractivity contribution in [2.24, 2.45) is 0 Å². The molecule has 0 radical (unpaired) electrons. The van der Waals surface area contributed by atoms with Crippen LogP contribution in [0.25, 0.3) is 10.9 Å². The standard InChI is InChI=1S/C13H13BrN2O2/c1-2-8-5-9(7-16-13(17)18)12-10(6-8)11(14)3-4-15-12/h3-6,16H,2,7H2,1H3,(H,17,18). The number of pyridine rings is 1. The molecule has 1 amide bonds. The predicted molar refractivity (Wildman–Crippen MR) is 73.7 cm³/mol. The van der Waals surface area contributed by atoms with Gasteiger partial charge in [-0.05, 0) is 29.7 Å². The number of nitrogens with one attached hydrogen (secondary N) is 1. The van der Waals surface area contributed by atoms with Crippen LogP contribution in [-0.2, 0) is 13.0 Å². The van der Waals surface area contributed by atoms with Gasteiger partial charge in [0.1, 0.15) is 0 Å². The Morgan fingerprint density at radius 2 is 2.28 bits per heavy atom. The SMILES string of the molecule is CCc1cc(CNC(=O)O)c2nccc(Br)c2c1. The van der Waals surface area contributed by atoms with E-state index in [1.165, 1.54) is 5.56 Å². The molecule has 1 aromatic carbocycles. The van der Waals surface area contributed by atoms with E-state index in [1.54, 1.807) is 6.20 Å². The second-order valence-electron chi connectivity index (χ2n) is 3.96. The van der Waals surface area contributed by atoms with Gasteiger partial charge in [0.2, 0.25) is 0 Å². The fourth-order valence-corrected chi connectivity index (χ4v) is 2.29. The van der Waals surface area contributed by atoms with Gasteiger partial charge in [0.05, 0.1) is 5.52 Å². The molecule has 5 heteroatoms. The summed E-state index contributed by atoms with van der Waals surface area (Å²) in [6.45, 7) is 2.34. The summed E-state index contributed by atoms with van der Waals surface area (Å²) >= 11 is 3.50. The third kappa shape index (κ3) is 2.61. The molecule has 2 N–H and O–H groups in total. The first-order chi connectivity index (χ1) is 8.61. The number of carbonyl (C=O) groups is 1. The molecule has 0 saturated heterocycles. The number of aromatic nitrogens is 1. The maximum Gasteiger partial charge on any atom is 0.404 e. The Hall–Kier alpha value is -1.62. The average molecular weight is 309 g/mol. The van der Waals surface area contributed by atoms with E-state index in [0.717, 1.165) is 27.4 Å². The highest BCUT2D eigenvalue weighted by atomic mass is 79.9. The van der Waals surface area contributed by atoms with E-state index < -0.39 is 6.09 Å². The third-order valence-corrected chi connectivity index (χ3v) is 3.46. The molecule has 18 heavy (non-hydrogen) atoms. The van der Waals surface area contributed by atoms with Crippen LogP contribution in [0.2, 0.25) is 0 Å². The van der Waals surface area contributed by atoms with Crippen molar-refractivity contribution in [1.29, 1.82) is 0 Å². The lowest BCUT2D eigenvalue weighted by molar-refractivity contribution is 0.194. The normalized spacial score (nSPS) is 10.6. The van der Waals surface area contributed by atoms with E-state index >= 15 is 0 Å². The molecule has 94 valence electrons. The van der Waals surface area contributed by atoms with Crippen LogP contribution in [0.15, 0.2) is 28.9 Å². The van der Waals surface area contributed by atoms with E-state index in [1.807, 2.05) is 12.1 Å². The zero-order valence-corrected chi connectivity index (χ0v) is 11.5. The first-order valence-electron chi connectivity index (χ1n) is 5.64. The molecular formula is C13H13BrN2O2. The summed E-state index contributed by atoms with van der Waals surface area (Å²) in [6.07, 6.45) is 1.58. The van der Waals surface area contributed by atoms with Crippen molar-refractivity contribution >= 4 is 32.9 Å². The monoisotopic (exact) mass is 308 g/mol. The zero-order valence-electron chi connectivity index (χ0n) is 9.90. The number of benzene rings is 1. The quantitative estimate of drug-likeness (QED) is 0.914. The number of halogens is 1. The van der Waals surface area contributed by atoms with Crippen LogP contribution >= 0.6 is 15.9 Å². The molecule has 2 aromatic rings. The fourth-order valence-electron chi connectivity index (χ4n) is 1.87. The number of rotatable bonds is 3. The highest BCUT2D eigenvalue weighted by molar-refractivity contribution is 9.10. The third-order valence-electron chi connectivity index (χ3n) is 2.77. The molecule has 0 aliphatic heterocycles. The van der Waals surface area contributed by atoms with Crippen molar-refractivity contribution in [3.8, 4) is 0 Å². The van der Waals surface area contributed by atoms with Crippen LogP contribution in [0.5, 0.6) is 0 Å². The van der Waals surface area contributed by atoms with E-state index in [-0.39, 0.29) is 6.54 Å². The minimum Gasteiger partial charge on any atom is -0.465 e. The molecule has 4 nitrogen and oxygen atoms in total. The van der Waals surface area contributed by atoms with Gasteiger partial charge in [0.15, 0.2) is 0 Å².